The molecule has 0 saturated heterocycles. The molecule has 0 atom stereocenters. The van der Waals surface area contributed by atoms with Crippen LogP contribution in [0.3, 0.4) is 0 Å². The summed E-state index contributed by atoms with van der Waals surface area (Å²) in [5.74, 6) is 0. The first-order valence-electron chi connectivity index (χ1n) is 5.16. The maximum absolute atomic E-state index is 5.33. The molecule has 0 aromatic heterocycles. The Morgan fingerprint density at radius 1 is 1.00 bits per heavy atom. The molecular weight excluding hydrogens is 178 g/mol. The maximum Gasteiger partial charge on any atom is 0.0102 e. The van der Waals surface area contributed by atoms with E-state index in [-0.39, 0.29) is 0 Å². The zero-order valence-electron chi connectivity index (χ0n) is 9.63. The van der Waals surface area contributed by atoms with Crippen LogP contribution in [0.15, 0.2) is 0 Å². The van der Waals surface area contributed by atoms with Crippen molar-refractivity contribution < 1.29 is 0 Å². The van der Waals surface area contributed by atoms with Crippen LogP contribution in [0.4, 0.5) is 0 Å². The highest BCUT2D eigenvalue weighted by Gasteiger charge is 1.92. The van der Waals surface area contributed by atoms with Gasteiger partial charge in [0, 0.05) is 26.2 Å². The summed E-state index contributed by atoms with van der Waals surface area (Å²) in [5, 5.41) is 2.89. The van der Waals surface area contributed by atoms with Gasteiger partial charge in [-0.25, -0.2) is 0 Å². The second kappa shape index (κ2) is 15.3. The highest BCUT2D eigenvalue weighted by atomic mass is 15.1. The Bertz CT molecular complexity index is 87.3. The van der Waals surface area contributed by atoms with E-state index >= 15 is 0 Å². The van der Waals surface area contributed by atoms with Crippen molar-refractivity contribution in [3.8, 4) is 0 Å². The summed E-state index contributed by atoms with van der Waals surface area (Å²) in [4.78, 5) is 2.19. The first-order valence-corrected chi connectivity index (χ1v) is 5.16. The lowest BCUT2D eigenvalue weighted by molar-refractivity contribution is 0.340. The average molecular weight is 205 g/mol. The van der Waals surface area contributed by atoms with E-state index in [1.54, 1.807) is 0 Å². The first-order chi connectivity index (χ1) is 6.72. The van der Waals surface area contributed by atoms with Gasteiger partial charge in [0.05, 0.1) is 0 Å². The summed E-state index contributed by atoms with van der Waals surface area (Å²) in [6.45, 7) is 5.19. The molecule has 5 nitrogen and oxygen atoms in total. The number of nitrogens with one attached hydrogen (secondary N) is 1. The van der Waals surface area contributed by atoms with Crippen LogP contribution in [-0.4, -0.2) is 58.3 Å². The van der Waals surface area contributed by atoms with E-state index in [1.165, 1.54) is 0 Å². The third-order valence-electron chi connectivity index (χ3n) is 1.65. The van der Waals surface area contributed by atoms with E-state index in [2.05, 4.69) is 17.3 Å². The lowest BCUT2D eigenvalue weighted by Gasteiger charge is -2.13. The lowest BCUT2D eigenvalue weighted by atomic mass is 10.4. The van der Waals surface area contributed by atoms with Crippen molar-refractivity contribution in [2.24, 2.45) is 17.2 Å². The summed E-state index contributed by atoms with van der Waals surface area (Å²) in [5.41, 5.74) is 15.7. The van der Waals surface area contributed by atoms with Gasteiger partial charge in [-0.15, -0.1) is 0 Å². The molecule has 0 bridgehead atoms. The van der Waals surface area contributed by atoms with Gasteiger partial charge in [-0.2, -0.15) is 0 Å². The lowest BCUT2D eigenvalue weighted by Crippen LogP contribution is -2.27. The van der Waals surface area contributed by atoms with E-state index in [0.717, 1.165) is 45.7 Å². The molecule has 88 valence electrons. The monoisotopic (exact) mass is 205 g/mol. The number of likely N-dealkylation sites (N-methyl/N-ethyl adjacent to an activating group) is 2. The van der Waals surface area contributed by atoms with Crippen LogP contribution in [0.5, 0.6) is 0 Å². The van der Waals surface area contributed by atoms with Gasteiger partial charge in [-0.3, -0.25) is 0 Å². The van der Waals surface area contributed by atoms with Gasteiger partial charge in [0.15, 0.2) is 0 Å². The van der Waals surface area contributed by atoms with Gasteiger partial charge in [0.1, 0.15) is 0 Å². The molecule has 0 amide bonds. The molecule has 0 spiro atoms. The zero-order chi connectivity index (χ0) is 11.2. The largest absolute Gasteiger partial charge is 0.330 e. The molecule has 7 N–H and O–H groups in total. The third kappa shape index (κ3) is 17.8. The Kier molecular flexibility index (Phi) is 17.7. The highest BCUT2D eigenvalue weighted by Crippen LogP contribution is 1.82. The Morgan fingerprint density at radius 2 is 1.64 bits per heavy atom. The van der Waals surface area contributed by atoms with Crippen molar-refractivity contribution in [1.29, 1.82) is 0 Å². The van der Waals surface area contributed by atoms with Crippen LogP contribution < -0.4 is 22.5 Å². The van der Waals surface area contributed by atoms with Crippen LogP contribution in [0, 0.1) is 0 Å². The summed E-state index contributed by atoms with van der Waals surface area (Å²) in [6, 6.07) is 0. The van der Waals surface area contributed by atoms with Crippen LogP contribution in [0.25, 0.3) is 0 Å². The molecule has 0 radical (unpaired) electrons. The number of hydrogen-bond donors (Lipinski definition) is 4. The van der Waals surface area contributed by atoms with Crippen LogP contribution >= 0.6 is 0 Å². The molecule has 14 heavy (non-hydrogen) atoms. The molecular formula is C9H27N5. The van der Waals surface area contributed by atoms with Gasteiger partial charge in [0.2, 0.25) is 0 Å². The molecule has 0 rings (SSSR count). The van der Waals surface area contributed by atoms with E-state index in [0.29, 0.717) is 0 Å². The molecule has 0 unspecified atom stereocenters. The van der Waals surface area contributed by atoms with Crippen molar-refractivity contribution in [3.05, 3.63) is 0 Å². The Labute approximate surface area is 88.0 Å². The van der Waals surface area contributed by atoms with Gasteiger partial charge in [-0.05, 0) is 33.6 Å². The molecule has 0 aromatic rings. The van der Waals surface area contributed by atoms with Crippen molar-refractivity contribution in [3.63, 3.8) is 0 Å². The SMILES string of the molecule is CN(CCN)CCCN.CNCCN. The molecule has 0 aromatic carbocycles. The second-order valence-corrected chi connectivity index (χ2v) is 3.13. The fourth-order valence-electron chi connectivity index (χ4n) is 0.838. The van der Waals surface area contributed by atoms with Gasteiger partial charge < -0.3 is 27.4 Å². The van der Waals surface area contributed by atoms with E-state index in [4.69, 9.17) is 17.2 Å². The zero-order valence-corrected chi connectivity index (χ0v) is 9.63. The predicted octanol–water partition coefficient (Wildman–Crippen LogP) is -1.61. The minimum Gasteiger partial charge on any atom is -0.330 e. The summed E-state index contributed by atoms with van der Waals surface area (Å²) in [7, 11) is 3.94. The molecule has 0 aliphatic rings. The number of rotatable bonds is 7. The molecule has 0 fully saturated rings. The molecule has 0 aliphatic carbocycles. The number of nitrogens with two attached hydrogens (primary N) is 3. The average Bonchev–Trinajstić information content (AvgIpc) is 2.17. The third-order valence-corrected chi connectivity index (χ3v) is 1.65. The van der Waals surface area contributed by atoms with Crippen LogP contribution in [0.2, 0.25) is 0 Å². The van der Waals surface area contributed by atoms with Crippen molar-refractivity contribution in [2.45, 2.75) is 6.42 Å². The molecule has 0 saturated carbocycles. The standard InChI is InChI=1S/C6H17N3.C3H10N2/c1-9(6-4-8)5-2-3-7;1-5-3-2-4/h2-8H2,1H3;5H,2-4H2,1H3. The van der Waals surface area contributed by atoms with Crippen molar-refractivity contribution in [2.75, 3.05) is 53.4 Å². The Balaban J connectivity index is 0. The number of hydrogen-bond acceptors (Lipinski definition) is 5. The van der Waals surface area contributed by atoms with Gasteiger partial charge >= 0.3 is 0 Å². The van der Waals surface area contributed by atoms with Crippen LogP contribution in [0.1, 0.15) is 6.42 Å². The predicted molar refractivity (Wildman–Crippen MR) is 63.2 cm³/mol. The van der Waals surface area contributed by atoms with Crippen molar-refractivity contribution in [1.82, 2.24) is 10.2 Å². The summed E-state index contributed by atoms with van der Waals surface area (Å²) >= 11 is 0. The fourth-order valence-corrected chi connectivity index (χ4v) is 0.838. The summed E-state index contributed by atoms with van der Waals surface area (Å²) in [6.07, 6.45) is 1.07. The minimum absolute atomic E-state index is 0.733. The van der Waals surface area contributed by atoms with E-state index in [1.807, 2.05) is 7.05 Å². The normalized spacial score (nSPS) is 9.86. The smallest absolute Gasteiger partial charge is 0.0102 e. The molecule has 0 heterocycles. The maximum atomic E-state index is 5.33. The summed E-state index contributed by atoms with van der Waals surface area (Å²) < 4.78 is 0. The van der Waals surface area contributed by atoms with E-state index in [9.17, 15) is 0 Å². The Hall–Kier alpha value is -0.200. The van der Waals surface area contributed by atoms with E-state index < -0.39 is 0 Å². The molecule has 5 heteroatoms. The Morgan fingerprint density at radius 3 is 1.93 bits per heavy atom. The number of nitrogens with zero attached hydrogens (tertiary/aromatic N) is 1. The van der Waals surface area contributed by atoms with Gasteiger partial charge in [0.25, 0.3) is 0 Å². The minimum atomic E-state index is 0.733. The van der Waals surface area contributed by atoms with Crippen LogP contribution in [-0.2, 0) is 0 Å². The molecule has 0 aliphatic heterocycles. The topological polar surface area (TPSA) is 93.3 Å². The first kappa shape index (κ1) is 16.2. The van der Waals surface area contributed by atoms with Crippen molar-refractivity contribution >= 4 is 0 Å². The fraction of sp³-hybridized carbons (Fsp3) is 1.00. The second-order valence-electron chi connectivity index (χ2n) is 3.13. The van der Waals surface area contributed by atoms with Gasteiger partial charge in [-0.1, -0.05) is 0 Å². The highest BCUT2D eigenvalue weighted by molar-refractivity contribution is 4.51. The quantitative estimate of drug-likeness (QED) is 0.401.